The summed E-state index contributed by atoms with van der Waals surface area (Å²) < 4.78 is 26.8. The highest BCUT2D eigenvalue weighted by atomic mass is 19.3. The van der Waals surface area contributed by atoms with Crippen LogP contribution in [0.1, 0.15) is 54.8 Å². The molecule has 1 unspecified atom stereocenters. The summed E-state index contributed by atoms with van der Waals surface area (Å²) in [6.45, 7) is 2.57. The zero-order valence-electron chi connectivity index (χ0n) is 11.5. The molecule has 0 spiro atoms. The number of piperidine rings is 1. The highest BCUT2D eigenvalue weighted by Gasteiger charge is 2.32. The van der Waals surface area contributed by atoms with Gasteiger partial charge in [0.2, 0.25) is 5.91 Å². The van der Waals surface area contributed by atoms with E-state index in [0.29, 0.717) is 17.8 Å². The predicted octanol–water partition coefficient (Wildman–Crippen LogP) is 1.49. The zero-order valence-corrected chi connectivity index (χ0v) is 11.5. The lowest BCUT2D eigenvalue weighted by Crippen LogP contribution is -2.40. The van der Waals surface area contributed by atoms with Gasteiger partial charge in [0.15, 0.2) is 5.69 Å². The van der Waals surface area contributed by atoms with Crippen molar-refractivity contribution in [3.63, 3.8) is 0 Å². The molecule has 0 aliphatic carbocycles. The Labute approximate surface area is 119 Å². The smallest absolute Gasteiger partial charge is 0.358 e. The molecule has 1 aliphatic rings. The molecule has 1 aromatic heterocycles. The van der Waals surface area contributed by atoms with Crippen molar-refractivity contribution in [1.29, 1.82) is 0 Å². The van der Waals surface area contributed by atoms with Gasteiger partial charge in [-0.2, -0.15) is 0 Å². The van der Waals surface area contributed by atoms with Crippen LogP contribution in [0.5, 0.6) is 0 Å². The first-order valence-electron chi connectivity index (χ1n) is 6.68. The van der Waals surface area contributed by atoms with Gasteiger partial charge in [0.25, 0.3) is 6.43 Å². The Morgan fingerprint density at radius 2 is 1.86 bits per heavy atom. The molecule has 0 aromatic carbocycles. The average Bonchev–Trinajstić information content (AvgIpc) is 2.91. The quantitative estimate of drug-likeness (QED) is 0.910. The number of hydrogen-bond donors (Lipinski definition) is 1. The average molecular weight is 302 g/mol. The second-order valence-corrected chi connectivity index (χ2v) is 4.94. The standard InChI is InChI=1S/C12H16F2N4O3/c1-7(11(19)17-5-3-2-4-6-17)18-9(10(13)14)8(12(20)21)15-16-18/h7,10H,2-6H2,1H3,(H,20,21). The Morgan fingerprint density at radius 3 is 2.38 bits per heavy atom. The van der Waals surface area contributed by atoms with Gasteiger partial charge in [0, 0.05) is 13.1 Å². The molecule has 21 heavy (non-hydrogen) atoms. The number of likely N-dealkylation sites (tertiary alicyclic amines) is 1. The molecule has 7 nitrogen and oxygen atoms in total. The van der Waals surface area contributed by atoms with Gasteiger partial charge in [-0.05, 0) is 26.2 Å². The highest BCUT2D eigenvalue weighted by Crippen LogP contribution is 2.25. The van der Waals surface area contributed by atoms with Crippen LogP contribution in [0.3, 0.4) is 0 Å². The van der Waals surface area contributed by atoms with E-state index >= 15 is 0 Å². The van der Waals surface area contributed by atoms with Crippen LogP contribution < -0.4 is 0 Å². The number of rotatable bonds is 4. The summed E-state index contributed by atoms with van der Waals surface area (Å²) in [5.74, 6) is -1.94. The van der Waals surface area contributed by atoms with E-state index in [0.717, 1.165) is 19.3 Å². The topological polar surface area (TPSA) is 88.3 Å². The van der Waals surface area contributed by atoms with Crippen LogP contribution in [0.2, 0.25) is 0 Å². The molecule has 2 heterocycles. The van der Waals surface area contributed by atoms with E-state index in [1.54, 1.807) is 4.90 Å². The van der Waals surface area contributed by atoms with E-state index in [-0.39, 0.29) is 5.91 Å². The first kappa shape index (κ1) is 15.3. The van der Waals surface area contributed by atoms with E-state index in [4.69, 9.17) is 5.11 Å². The number of aromatic carboxylic acids is 1. The number of amides is 1. The van der Waals surface area contributed by atoms with Crippen molar-refractivity contribution in [3.05, 3.63) is 11.4 Å². The Kier molecular flexibility index (Phi) is 4.49. The van der Waals surface area contributed by atoms with Crippen LogP contribution in [0, 0.1) is 0 Å². The lowest BCUT2D eigenvalue weighted by atomic mass is 10.1. The Bertz CT molecular complexity index is 541. The molecule has 0 radical (unpaired) electrons. The van der Waals surface area contributed by atoms with Gasteiger partial charge in [-0.3, -0.25) is 4.79 Å². The third kappa shape index (κ3) is 3.01. The van der Waals surface area contributed by atoms with Crippen molar-refractivity contribution in [3.8, 4) is 0 Å². The number of carboxylic acid groups (broad SMARTS) is 1. The number of carboxylic acids is 1. The van der Waals surface area contributed by atoms with Crippen molar-refractivity contribution in [2.45, 2.75) is 38.7 Å². The van der Waals surface area contributed by atoms with Crippen LogP contribution in [-0.4, -0.2) is 50.0 Å². The summed E-state index contributed by atoms with van der Waals surface area (Å²) in [6, 6.07) is -1.01. The summed E-state index contributed by atoms with van der Waals surface area (Å²) in [7, 11) is 0. The lowest BCUT2D eigenvalue weighted by molar-refractivity contribution is -0.135. The summed E-state index contributed by atoms with van der Waals surface area (Å²) in [6.07, 6.45) is -0.286. The van der Waals surface area contributed by atoms with Crippen molar-refractivity contribution < 1.29 is 23.5 Å². The van der Waals surface area contributed by atoms with Crippen molar-refractivity contribution in [2.24, 2.45) is 0 Å². The van der Waals surface area contributed by atoms with E-state index in [9.17, 15) is 18.4 Å². The van der Waals surface area contributed by atoms with Gasteiger partial charge in [-0.1, -0.05) is 5.21 Å². The molecule has 1 fully saturated rings. The van der Waals surface area contributed by atoms with E-state index in [2.05, 4.69) is 10.3 Å². The molecular weight excluding hydrogens is 286 g/mol. The summed E-state index contributed by atoms with van der Waals surface area (Å²) in [4.78, 5) is 24.8. The number of hydrogen-bond acceptors (Lipinski definition) is 4. The zero-order chi connectivity index (χ0) is 15.6. The van der Waals surface area contributed by atoms with E-state index in [1.807, 2.05) is 0 Å². The molecule has 1 saturated heterocycles. The summed E-state index contributed by atoms with van der Waals surface area (Å²) in [5, 5.41) is 15.5. The monoisotopic (exact) mass is 302 g/mol. The minimum absolute atomic E-state index is 0.349. The van der Waals surface area contributed by atoms with Crippen LogP contribution in [0.15, 0.2) is 0 Å². The molecule has 1 aromatic rings. The third-order valence-corrected chi connectivity index (χ3v) is 3.53. The number of halogens is 2. The first-order chi connectivity index (χ1) is 9.93. The number of carbonyl (C=O) groups excluding carboxylic acids is 1. The van der Waals surface area contributed by atoms with Crippen molar-refractivity contribution in [2.75, 3.05) is 13.1 Å². The lowest BCUT2D eigenvalue weighted by Gasteiger charge is -2.29. The normalized spacial score (nSPS) is 17.0. The second-order valence-electron chi connectivity index (χ2n) is 4.94. The van der Waals surface area contributed by atoms with Crippen molar-refractivity contribution in [1.82, 2.24) is 19.9 Å². The number of aromatic nitrogens is 3. The number of nitrogens with zero attached hydrogens (tertiary/aromatic N) is 4. The van der Waals surface area contributed by atoms with Gasteiger partial charge >= 0.3 is 5.97 Å². The SMILES string of the molecule is CC(C(=O)N1CCCCC1)n1nnc(C(=O)O)c1C(F)F. The maximum atomic E-state index is 13.1. The molecule has 1 amide bonds. The van der Waals surface area contributed by atoms with Crippen LogP contribution >= 0.6 is 0 Å². The molecule has 0 saturated carbocycles. The maximum absolute atomic E-state index is 13.1. The molecular formula is C12H16F2N4O3. The summed E-state index contributed by atoms with van der Waals surface area (Å²) in [5.41, 5.74) is -1.65. The molecule has 0 bridgehead atoms. The fraction of sp³-hybridized carbons (Fsp3) is 0.667. The van der Waals surface area contributed by atoms with Gasteiger partial charge in [-0.25, -0.2) is 18.3 Å². The summed E-state index contributed by atoms with van der Waals surface area (Å²) >= 11 is 0. The fourth-order valence-corrected chi connectivity index (χ4v) is 2.43. The van der Waals surface area contributed by atoms with E-state index < -0.39 is 29.8 Å². The first-order valence-corrected chi connectivity index (χ1v) is 6.68. The van der Waals surface area contributed by atoms with Crippen LogP contribution in [0.4, 0.5) is 8.78 Å². The second kappa shape index (κ2) is 6.15. The van der Waals surface area contributed by atoms with Gasteiger partial charge in [-0.15, -0.1) is 5.10 Å². The van der Waals surface area contributed by atoms with Gasteiger partial charge in [0.05, 0.1) is 0 Å². The Morgan fingerprint density at radius 1 is 1.24 bits per heavy atom. The molecule has 116 valence electrons. The largest absolute Gasteiger partial charge is 0.476 e. The van der Waals surface area contributed by atoms with Gasteiger partial charge < -0.3 is 10.0 Å². The minimum Gasteiger partial charge on any atom is -0.476 e. The van der Waals surface area contributed by atoms with Gasteiger partial charge in [0.1, 0.15) is 11.7 Å². The Balaban J connectivity index is 2.28. The molecule has 1 N–H and O–H groups in total. The number of alkyl halides is 2. The molecule has 1 atom stereocenters. The van der Waals surface area contributed by atoms with Crippen molar-refractivity contribution >= 4 is 11.9 Å². The number of carbonyl (C=O) groups is 2. The molecule has 1 aliphatic heterocycles. The highest BCUT2D eigenvalue weighted by molar-refractivity contribution is 5.87. The predicted molar refractivity (Wildman–Crippen MR) is 67.1 cm³/mol. The molecule has 9 heteroatoms. The van der Waals surface area contributed by atoms with E-state index in [1.165, 1.54) is 6.92 Å². The fourth-order valence-electron chi connectivity index (χ4n) is 2.43. The van der Waals surface area contributed by atoms with Crippen LogP contribution in [-0.2, 0) is 4.79 Å². The minimum atomic E-state index is -3.07. The molecule has 2 rings (SSSR count). The maximum Gasteiger partial charge on any atom is 0.358 e. The third-order valence-electron chi connectivity index (χ3n) is 3.53. The van der Waals surface area contributed by atoms with Crippen LogP contribution in [0.25, 0.3) is 0 Å². The Hall–Kier alpha value is -2.06.